The molecule has 6 atom stereocenters. The van der Waals surface area contributed by atoms with E-state index in [9.17, 15) is 50.6 Å². The van der Waals surface area contributed by atoms with Crippen LogP contribution >= 0.6 is 0 Å². The number of piperazine rings is 1. The van der Waals surface area contributed by atoms with Gasteiger partial charge in [0.15, 0.2) is 6.10 Å². The van der Waals surface area contributed by atoms with Crippen molar-refractivity contribution in [2.75, 3.05) is 38.7 Å². The van der Waals surface area contributed by atoms with Crippen molar-refractivity contribution >= 4 is 29.8 Å². The van der Waals surface area contributed by atoms with E-state index in [0.717, 1.165) is 58.0 Å². The normalized spacial score (nSPS) is 17.6. The van der Waals surface area contributed by atoms with Crippen LogP contribution in [0.2, 0.25) is 0 Å². The van der Waals surface area contributed by atoms with Gasteiger partial charge in [-0.3, -0.25) is 24.9 Å². The summed E-state index contributed by atoms with van der Waals surface area (Å²) in [4.78, 5) is 66.4. The van der Waals surface area contributed by atoms with Gasteiger partial charge in [-0.25, -0.2) is 28.4 Å². The summed E-state index contributed by atoms with van der Waals surface area (Å²) in [7, 11) is 1.85. The Morgan fingerprint density at radius 2 is 1.41 bits per heavy atom. The molecule has 0 spiro atoms. The minimum atomic E-state index is -5.21. The number of carbonyl (C=O) groups is 4. The summed E-state index contributed by atoms with van der Waals surface area (Å²) in [5.74, 6) is 1.26. The van der Waals surface area contributed by atoms with Crippen molar-refractivity contribution in [3.05, 3.63) is 113 Å². The summed E-state index contributed by atoms with van der Waals surface area (Å²) in [6, 6.07) is 13.6. The molecule has 2 saturated heterocycles. The van der Waals surface area contributed by atoms with Gasteiger partial charge < -0.3 is 35.4 Å². The van der Waals surface area contributed by atoms with Crippen LogP contribution < -0.4 is 26.3 Å². The predicted octanol–water partition coefficient (Wildman–Crippen LogP) is 7.43. The SMILES string of the molecule is CNC(=O)O[C@H](C(=O)NN(Cc1c(F)cc(-c2ccccn2)cc1F)C[C@H](O)[C@H](Cc1ccc(C#Cc2ccc(N3C[C@@H]4CC[C@@H](C3)N4C(C)C)nc2)cc1)NC(=O)[C@@H](NC(=O)OC)C(C)(C)C(F)(F)F)C(C)(C)C(F)(F)F. The van der Waals surface area contributed by atoms with Crippen LogP contribution in [0.3, 0.4) is 0 Å². The molecular weight excluding hydrogens is 1040 g/mol. The Bertz CT molecular complexity index is 2770. The van der Waals surface area contributed by atoms with Crippen molar-refractivity contribution in [1.82, 2.24) is 41.3 Å². The number of hydrogen-bond acceptors (Lipinski definition) is 12. The van der Waals surface area contributed by atoms with E-state index in [2.05, 4.69) is 60.9 Å². The molecule has 2 bridgehead atoms. The van der Waals surface area contributed by atoms with Crippen LogP contribution in [0.25, 0.3) is 11.3 Å². The number of aliphatic hydroxyl groups excluding tert-OH is 1. The molecule has 16 nitrogen and oxygen atoms in total. The van der Waals surface area contributed by atoms with Crippen LogP contribution in [0.4, 0.5) is 50.5 Å². The quantitative estimate of drug-likeness (QED) is 0.0377. The monoisotopic (exact) mass is 1100 g/mol. The van der Waals surface area contributed by atoms with E-state index in [0.29, 0.717) is 67.5 Å². The zero-order valence-corrected chi connectivity index (χ0v) is 44.2. The number of nitrogens with one attached hydrogen (secondary N) is 4. The number of carbonyl (C=O) groups excluding carboxylic acids is 4. The third-order valence-electron chi connectivity index (χ3n) is 14.1. The number of amides is 4. The van der Waals surface area contributed by atoms with E-state index >= 15 is 8.78 Å². The van der Waals surface area contributed by atoms with Crippen molar-refractivity contribution in [3.63, 3.8) is 0 Å². The first-order valence-corrected chi connectivity index (χ1v) is 24.9. The highest BCUT2D eigenvalue weighted by Gasteiger charge is 2.58. The molecule has 2 aromatic heterocycles. The highest BCUT2D eigenvalue weighted by atomic mass is 19.4. The van der Waals surface area contributed by atoms with Crippen molar-refractivity contribution < 1.29 is 68.9 Å². The van der Waals surface area contributed by atoms with Gasteiger partial charge >= 0.3 is 24.5 Å². The number of methoxy groups -OCH3 is 1. The van der Waals surface area contributed by atoms with Gasteiger partial charge in [0.1, 0.15) is 28.9 Å². The molecule has 5 N–H and O–H groups in total. The molecule has 4 amide bonds. The third kappa shape index (κ3) is 14.3. The number of pyridine rings is 2. The lowest BCUT2D eigenvalue weighted by atomic mass is 9.82. The molecule has 2 aromatic carbocycles. The first-order valence-electron chi connectivity index (χ1n) is 24.9. The summed E-state index contributed by atoms with van der Waals surface area (Å²) < 4.78 is 129. The van der Waals surface area contributed by atoms with Crippen LogP contribution in [0.1, 0.15) is 76.6 Å². The average molecular weight is 1100 g/mol. The Kier molecular flexibility index (Phi) is 19.0. The minimum Gasteiger partial charge on any atom is -0.453 e. The first-order chi connectivity index (χ1) is 36.5. The number of ether oxygens (including phenoxy) is 2. The lowest BCUT2D eigenvalue weighted by Gasteiger charge is -2.43. The number of alkyl carbamates (subject to hydrolysis) is 2. The molecule has 0 saturated carbocycles. The highest BCUT2D eigenvalue weighted by Crippen LogP contribution is 2.43. The van der Waals surface area contributed by atoms with Gasteiger partial charge in [0.2, 0.25) is 5.91 Å². The molecule has 422 valence electrons. The smallest absolute Gasteiger partial charge is 0.407 e. The van der Waals surface area contributed by atoms with E-state index in [1.165, 1.54) is 24.4 Å². The molecule has 0 unspecified atom stereocenters. The summed E-state index contributed by atoms with van der Waals surface area (Å²) in [6.07, 6.45) is -13.2. The lowest BCUT2D eigenvalue weighted by molar-refractivity contribution is -0.239. The molecule has 0 radical (unpaired) electrons. The van der Waals surface area contributed by atoms with Crippen LogP contribution in [-0.2, 0) is 32.0 Å². The Labute approximate surface area is 446 Å². The molecule has 2 fully saturated rings. The van der Waals surface area contributed by atoms with E-state index in [4.69, 9.17) is 4.74 Å². The number of benzene rings is 2. The second-order valence-electron chi connectivity index (χ2n) is 20.6. The standard InChI is InChI=1S/C54H63F8N9O7/c1-31(2)71-36-19-20-37(71)28-69(27-36)44-21-18-34(26-65-44)17-14-32-12-15-33(16-13-32)23-42(66-47(73)45(67-50(76)77-8)51(3,4)53(57,58)59)43(72)30-70(68-48(74)46(78-49(75)63-7)52(5,6)54(60,61)62)29-38-39(55)24-35(25-40(38)56)41-11-9-10-22-64-41/h9-13,15-16,18,21-22,24-26,31,36-37,42-43,45-46,72H,19-20,23,27-30H2,1-8H3,(H,63,75)(H,66,73)(H,67,76)(H,68,74)/t36-,37-,42-,43-,45+,46+/m0/s1. The van der Waals surface area contributed by atoms with E-state index in [1.807, 2.05) is 22.8 Å². The van der Waals surface area contributed by atoms with Gasteiger partial charge in [0.25, 0.3) is 5.91 Å². The maximum atomic E-state index is 16.0. The van der Waals surface area contributed by atoms with E-state index in [-0.39, 0.29) is 11.3 Å². The van der Waals surface area contributed by atoms with E-state index < -0.39 is 108 Å². The number of halogens is 8. The Morgan fingerprint density at radius 3 is 1.94 bits per heavy atom. The molecule has 78 heavy (non-hydrogen) atoms. The molecule has 4 heterocycles. The molecule has 6 rings (SSSR count). The van der Waals surface area contributed by atoms with Crippen molar-refractivity contribution in [3.8, 4) is 23.1 Å². The van der Waals surface area contributed by atoms with E-state index in [1.54, 1.807) is 30.5 Å². The maximum Gasteiger partial charge on any atom is 0.407 e. The number of fused-ring (bicyclic) bond motifs is 2. The number of nitrogens with zero attached hydrogens (tertiary/aromatic N) is 5. The maximum absolute atomic E-state index is 16.0. The van der Waals surface area contributed by atoms with Crippen LogP contribution in [-0.4, -0.2) is 138 Å². The van der Waals surface area contributed by atoms with Gasteiger partial charge in [-0.05, 0) is 115 Å². The van der Waals surface area contributed by atoms with Crippen molar-refractivity contribution in [1.29, 1.82) is 0 Å². The molecule has 24 heteroatoms. The topological polar surface area (TPSA) is 191 Å². The number of aromatic nitrogens is 2. The number of aliphatic hydroxyl groups is 1. The number of hydrazine groups is 1. The third-order valence-corrected chi connectivity index (χ3v) is 14.1. The molecule has 2 aliphatic heterocycles. The van der Waals surface area contributed by atoms with Gasteiger partial charge in [-0.15, -0.1) is 0 Å². The molecule has 0 aliphatic carbocycles. The average Bonchev–Trinajstić information content (AvgIpc) is 3.70. The molecular formula is C54H63F8N9O7. The number of anilines is 1. The van der Waals surface area contributed by atoms with Gasteiger partial charge in [-0.2, -0.15) is 26.3 Å². The fourth-order valence-electron chi connectivity index (χ4n) is 9.39. The van der Waals surface area contributed by atoms with Crippen LogP contribution in [0, 0.1) is 34.3 Å². The summed E-state index contributed by atoms with van der Waals surface area (Å²) in [5.41, 5.74) is -3.32. The lowest BCUT2D eigenvalue weighted by Crippen LogP contribution is -2.62. The predicted molar refractivity (Wildman–Crippen MR) is 271 cm³/mol. The number of hydrogen-bond donors (Lipinski definition) is 5. The van der Waals surface area contributed by atoms with Crippen molar-refractivity contribution in [2.24, 2.45) is 10.8 Å². The fourth-order valence-corrected chi connectivity index (χ4v) is 9.39. The number of alkyl halides is 6. The minimum absolute atomic E-state index is 0.0311. The zero-order chi connectivity index (χ0) is 57.5. The largest absolute Gasteiger partial charge is 0.453 e. The van der Waals surface area contributed by atoms with Crippen LogP contribution in [0.15, 0.2) is 79.1 Å². The van der Waals surface area contributed by atoms with Gasteiger partial charge in [0, 0.05) is 86.0 Å². The summed E-state index contributed by atoms with van der Waals surface area (Å²) >= 11 is 0. The summed E-state index contributed by atoms with van der Waals surface area (Å²) in [5, 5.41) is 18.8. The first kappa shape index (κ1) is 60.1. The second-order valence-corrected chi connectivity index (χ2v) is 20.6. The Morgan fingerprint density at radius 1 is 0.808 bits per heavy atom. The van der Waals surface area contributed by atoms with Gasteiger partial charge in [-0.1, -0.05) is 30.0 Å². The highest BCUT2D eigenvalue weighted by molar-refractivity contribution is 5.87. The number of rotatable bonds is 18. The fraction of sp³-hybridized carbons (Fsp3) is 0.481. The Balaban J connectivity index is 1.32. The second kappa shape index (κ2) is 24.7. The molecule has 4 aromatic rings. The molecule has 2 aliphatic rings. The van der Waals surface area contributed by atoms with Crippen molar-refractivity contribution in [2.45, 2.75) is 122 Å². The zero-order valence-electron chi connectivity index (χ0n) is 44.2. The summed E-state index contributed by atoms with van der Waals surface area (Å²) in [6.45, 7) is 6.42. The van der Waals surface area contributed by atoms with Crippen LogP contribution in [0.5, 0.6) is 0 Å². The van der Waals surface area contributed by atoms with Gasteiger partial charge in [0.05, 0.1) is 30.4 Å². The Hall–Kier alpha value is -7.10.